The number of thiophene rings is 1. The zero-order valence-corrected chi connectivity index (χ0v) is 17.5. The van der Waals surface area contributed by atoms with E-state index < -0.39 is 21.8 Å². The van der Waals surface area contributed by atoms with Crippen LogP contribution in [-0.2, 0) is 16.2 Å². The molecule has 0 radical (unpaired) electrons. The lowest BCUT2D eigenvalue weighted by Gasteiger charge is -2.09. The van der Waals surface area contributed by atoms with Crippen LogP contribution in [0.4, 0.5) is 13.2 Å². The highest BCUT2D eigenvalue weighted by Gasteiger charge is 2.30. The molecule has 0 amide bonds. The number of alkyl halides is 3. The van der Waals surface area contributed by atoms with Gasteiger partial charge in [0.15, 0.2) is 0 Å². The van der Waals surface area contributed by atoms with Crippen molar-refractivity contribution in [2.75, 3.05) is 0 Å². The van der Waals surface area contributed by atoms with E-state index in [1.54, 1.807) is 29.8 Å². The molecule has 0 unspecified atom stereocenters. The van der Waals surface area contributed by atoms with Crippen molar-refractivity contribution in [3.8, 4) is 27.8 Å². The summed E-state index contributed by atoms with van der Waals surface area (Å²) in [6, 6.07) is 9.38. The molecule has 1 aromatic carbocycles. The maximum atomic E-state index is 12.8. The van der Waals surface area contributed by atoms with Crippen LogP contribution in [0.5, 0.6) is 0 Å². The fourth-order valence-corrected chi connectivity index (χ4v) is 4.51. The number of halogens is 3. The zero-order valence-electron chi connectivity index (χ0n) is 15.8. The summed E-state index contributed by atoms with van der Waals surface area (Å²) in [6.45, 7) is 1.74. The Morgan fingerprint density at radius 3 is 2.35 bits per heavy atom. The summed E-state index contributed by atoms with van der Waals surface area (Å²) >= 11 is 0.986. The lowest BCUT2D eigenvalue weighted by molar-refractivity contribution is -0.137. The Hall–Kier alpha value is -3.09. The van der Waals surface area contributed by atoms with Gasteiger partial charge in [0.1, 0.15) is 10.5 Å². The predicted octanol–water partition coefficient (Wildman–Crippen LogP) is 4.03. The van der Waals surface area contributed by atoms with Crippen molar-refractivity contribution in [2.24, 2.45) is 5.14 Å². The van der Waals surface area contributed by atoms with Crippen LogP contribution in [0, 0.1) is 6.92 Å². The van der Waals surface area contributed by atoms with Crippen molar-refractivity contribution in [1.82, 2.24) is 19.5 Å². The molecule has 160 valence electrons. The van der Waals surface area contributed by atoms with E-state index in [1.165, 1.54) is 24.5 Å². The number of sulfonamides is 1. The highest BCUT2D eigenvalue weighted by Crippen LogP contribution is 2.31. The van der Waals surface area contributed by atoms with Gasteiger partial charge in [-0.3, -0.25) is 4.57 Å². The predicted molar refractivity (Wildman–Crippen MR) is 109 cm³/mol. The van der Waals surface area contributed by atoms with E-state index in [0.717, 1.165) is 23.5 Å². The Kier molecular flexibility index (Phi) is 5.15. The van der Waals surface area contributed by atoms with Gasteiger partial charge in [0, 0.05) is 17.5 Å². The van der Waals surface area contributed by atoms with Gasteiger partial charge in [0.25, 0.3) is 0 Å². The first-order chi connectivity index (χ1) is 14.5. The van der Waals surface area contributed by atoms with E-state index in [4.69, 9.17) is 5.14 Å². The minimum atomic E-state index is -4.41. The molecule has 0 saturated heterocycles. The average molecular weight is 465 g/mol. The Bertz CT molecular complexity index is 1360. The number of nitrogens with zero attached hydrogens (tertiary/aromatic N) is 4. The van der Waals surface area contributed by atoms with Crippen molar-refractivity contribution in [1.29, 1.82) is 0 Å². The molecule has 31 heavy (non-hydrogen) atoms. The number of benzene rings is 1. The summed E-state index contributed by atoms with van der Waals surface area (Å²) in [5.41, 5.74) is 1.34. The second kappa shape index (κ2) is 7.55. The zero-order chi connectivity index (χ0) is 22.4. The van der Waals surface area contributed by atoms with Crippen LogP contribution in [0.1, 0.15) is 11.3 Å². The summed E-state index contributed by atoms with van der Waals surface area (Å²) in [5, 5.41) is 5.14. The second-order valence-corrected chi connectivity index (χ2v) is 9.47. The maximum Gasteiger partial charge on any atom is 0.416 e. The maximum absolute atomic E-state index is 12.8. The van der Waals surface area contributed by atoms with E-state index in [9.17, 15) is 21.6 Å². The molecular weight excluding hydrogens is 451 g/mol. The van der Waals surface area contributed by atoms with E-state index in [0.29, 0.717) is 27.5 Å². The van der Waals surface area contributed by atoms with Crippen LogP contribution < -0.4 is 5.14 Å². The average Bonchev–Trinajstić information content (AvgIpc) is 3.36. The van der Waals surface area contributed by atoms with Crippen molar-refractivity contribution >= 4 is 21.4 Å². The van der Waals surface area contributed by atoms with Crippen LogP contribution in [0.15, 0.2) is 59.2 Å². The molecule has 0 fully saturated rings. The smallest absolute Gasteiger partial charge is 0.274 e. The van der Waals surface area contributed by atoms with E-state index in [-0.39, 0.29) is 10.2 Å². The SMILES string of the molecule is Cc1cc(-c2ccc(C(F)(F)F)cc2)nc(-n2cnc(-c3ccc(S(N)(=O)=O)s3)c2)n1. The van der Waals surface area contributed by atoms with Crippen LogP contribution >= 0.6 is 11.3 Å². The second-order valence-electron chi connectivity index (χ2n) is 6.60. The highest BCUT2D eigenvalue weighted by molar-refractivity contribution is 7.91. The molecule has 4 aromatic rings. The van der Waals surface area contributed by atoms with Gasteiger partial charge in [0.2, 0.25) is 16.0 Å². The Labute approximate surface area is 179 Å². The fourth-order valence-electron chi connectivity index (χ4n) is 2.82. The monoisotopic (exact) mass is 465 g/mol. The Morgan fingerprint density at radius 2 is 1.74 bits per heavy atom. The third-order valence-electron chi connectivity index (χ3n) is 4.28. The van der Waals surface area contributed by atoms with Gasteiger partial charge in [-0.15, -0.1) is 11.3 Å². The number of aromatic nitrogens is 4. The van der Waals surface area contributed by atoms with E-state index in [1.807, 2.05) is 0 Å². The minimum absolute atomic E-state index is 0.0217. The summed E-state index contributed by atoms with van der Waals surface area (Å²) in [7, 11) is -3.80. The summed E-state index contributed by atoms with van der Waals surface area (Å²) in [5.74, 6) is 0.275. The number of rotatable bonds is 4. The molecule has 0 atom stereocenters. The first-order valence-corrected chi connectivity index (χ1v) is 11.1. The molecular formula is C19H14F3N5O2S2. The molecule has 3 heterocycles. The topological polar surface area (TPSA) is 104 Å². The minimum Gasteiger partial charge on any atom is -0.274 e. The molecule has 12 heteroatoms. The Morgan fingerprint density at radius 1 is 1.03 bits per heavy atom. The van der Waals surface area contributed by atoms with E-state index in [2.05, 4.69) is 15.0 Å². The van der Waals surface area contributed by atoms with Gasteiger partial charge >= 0.3 is 6.18 Å². The largest absolute Gasteiger partial charge is 0.416 e. The van der Waals surface area contributed by atoms with Crippen LogP contribution in [-0.4, -0.2) is 27.9 Å². The van der Waals surface area contributed by atoms with Crippen molar-refractivity contribution in [3.05, 3.63) is 66.2 Å². The molecule has 0 aliphatic rings. The number of hydrogen-bond acceptors (Lipinski definition) is 6. The molecule has 0 aliphatic carbocycles. The lowest BCUT2D eigenvalue weighted by atomic mass is 10.1. The van der Waals surface area contributed by atoms with Gasteiger partial charge < -0.3 is 0 Å². The summed E-state index contributed by atoms with van der Waals surface area (Å²) < 4.78 is 62.9. The number of nitrogens with two attached hydrogens (primary N) is 1. The highest BCUT2D eigenvalue weighted by atomic mass is 32.2. The number of aryl methyl sites for hydroxylation is 1. The quantitative estimate of drug-likeness (QED) is 0.490. The lowest BCUT2D eigenvalue weighted by Crippen LogP contribution is -2.09. The standard InChI is InChI=1S/C19H14F3N5O2S2/c1-11-8-14(12-2-4-13(5-3-12)19(20,21)22)26-18(25-11)27-9-15(24-10-27)16-6-7-17(30-16)31(23,28)29/h2-10H,1H3,(H2,23,28,29). The van der Waals surface area contributed by atoms with Crippen LogP contribution in [0.3, 0.4) is 0 Å². The van der Waals surface area contributed by atoms with E-state index >= 15 is 0 Å². The van der Waals surface area contributed by atoms with Crippen molar-refractivity contribution < 1.29 is 21.6 Å². The third-order valence-corrected chi connectivity index (χ3v) is 6.82. The molecule has 2 N–H and O–H groups in total. The summed E-state index contributed by atoms with van der Waals surface area (Å²) in [4.78, 5) is 13.7. The molecule has 0 saturated carbocycles. The molecule has 0 bridgehead atoms. The molecule has 0 aliphatic heterocycles. The third kappa shape index (κ3) is 4.50. The van der Waals surface area contributed by atoms with Gasteiger partial charge in [0.05, 0.1) is 21.8 Å². The van der Waals surface area contributed by atoms with Gasteiger partial charge in [-0.05, 0) is 37.3 Å². The van der Waals surface area contributed by atoms with Crippen LogP contribution in [0.2, 0.25) is 0 Å². The van der Waals surface area contributed by atoms with Gasteiger partial charge in [-0.2, -0.15) is 13.2 Å². The first kappa shape index (κ1) is 21.2. The number of primary sulfonamides is 1. The van der Waals surface area contributed by atoms with Crippen molar-refractivity contribution in [3.63, 3.8) is 0 Å². The molecule has 0 spiro atoms. The molecule has 4 rings (SSSR count). The number of hydrogen-bond donors (Lipinski definition) is 1. The molecule has 3 aromatic heterocycles. The normalized spacial score (nSPS) is 12.3. The fraction of sp³-hybridized carbons (Fsp3) is 0.105. The number of imidazole rings is 1. The van der Waals surface area contributed by atoms with Gasteiger partial charge in [-0.25, -0.2) is 28.5 Å². The Balaban J connectivity index is 1.67. The molecule has 7 nitrogen and oxygen atoms in total. The van der Waals surface area contributed by atoms with Crippen LogP contribution in [0.25, 0.3) is 27.8 Å². The first-order valence-electron chi connectivity index (χ1n) is 8.71. The summed E-state index contributed by atoms with van der Waals surface area (Å²) in [6.07, 6.45) is -1.32. The van der Waals surface area contributed by atoms with Crippen molar-refractivity contribution in [2.45, 2.75) is 17.3 Å². The van der Waals surface area contributed by atoms with Gasteiger partial charge in [-0.1, -0.05) is 12.1 Å².